The van der Waals surface area contributed by atoms with Crippen molar-refractivity contribution in [3.8, 4) is 0 Å². The van der Waals surface area contributed by atoms with E-state index < -0.39 is 6.04 Å². The van der Waals surface area contributed by atoms with Gasteiger partial charge in [-0.05, 0) is 34.9 Å². The van der Waals surface area contributed by atoms with Gasteiger partial charge >= 0.3 is 0 Å². The Bertz CT molecular complexity index is 1010. The van der Waals surface area contributed by atoms with Gasteiger partial charge in [-0.2, -0.15) is 0 Å². The van der Waals surface area contributed by atoms with Gasteiger partial charge in [-0.3, -0.25) is 9.59 Å². The van der Waals surface area contributed by atoms with Gasteiger partial charge in [0.1, 0.15) is 6.04 Å². The average molecular weight is 358 g/mol. The van der Waals surface area contributed by atoms with Crippen molar-refractivity contribution in [3.05, 3.63) is 77.9 Å². The summed E-state index contributed by atoms with van der Waals surface area (Å²) in [5.41, 5.74) is 3.10. The second-order valence-corrected chi connectivity index (χ2v) is 7.04. The normalized spacial score (nSPS) is 17.5. The molecule has 0 aliphatic carbocycles. The zero-order valence-electron chi connectivity index (χ0n) is 15.5. The molecule has 1 heterocycles. The summed E-state index contributed by atoms with van der Waals surface area (Å²) in [6.45, 7) is 3.49. The summed E-state index contributed by atoms with van der Waals surface area (Å²) in [5, 5.41) is 5.11. The predicted molar refractivity (Wildman–Crippen MR) is 108 cm³/mol. The van der Waals surface area contributed by atoms with Crippen LogP contribution in [0.2, 0.25) is 0 Å². The molecule has 0 bridgehead atoms. The van der Waals surface area contributed by atoms with E-state index >= 15 is 0 Å². The van der Waals surface area contributed by atoms with Crippen LogP contribution >= 0.6 is 0 Å². The molecule has 0 saturated heterocycles. The third kappa shape index (κ3) is 3.08. The molecular weight excluding hydrogens is 336 g/mol. The van der Waals surface area contributed by atoms with Crippen LogP contribution in [0.4, 0.5) is 5.69 Å². The molecule has 2 atom stereocenters. The monoisotopic (exact) mass is 358 g/mol. The molecule has 1 aliphatic rings. The van der Waals surface area contributed by atoms with Crippen LogP contribution in [0.3, 0.4) is 0 Å². The summed E-state index contributed by atoms with van der Waals surface area (Å²) in [4.78, 5) is 26.8. The van der Waals surface area contributed by atoms with E-state index in [0.717, 1.165) is 27.6 Å². The zero-order valence-corrected chi connectivity index (χ0v) is 15.5. The van der Waals surface area contributed by atoms with Crippen molar-refractivity contribution in [2.24, 2.45) is 0 Å². The zero-order chi connectivity index (χ0) is 19.0. The lowest BCUT2D eigenvalue weighted by atomic mass is 9.90. The molecule has 4 heteroatoms. The SMILES string of the molecule is CC(=O)N[C@@H]1Cc2c(ccc3ccccc23)N([C@@H](C)c2ccccc2)C1=O. The Labute approximate surface area is 158 Å². The summed E-state index contributed by atoms with van der Waals surface area (Å²) in [7, 11) is 0. The number of nitrogens with one attached hydrogen (secondary N) is 1. The molecule has 1 aliphatic heterocycles. The lowest BCUT2D eigenvalue weighted by Gasteiger charge is -2.39. The smallest absolute Gasteiger partial charge is 0.250 e. The number of fused-ring (bicyclic) bond motifs is 3. The number of carbonyl (C=O) groups excluding carboxylic acids is 2. The lowest BCUT2D eigenvalue weighted by Crippen LogP contribution is -2.53. The van der Waals surface area contributed by atoms with Crippen molar-refractivity contribution in [1.82, 2.24) is 5.32 Å². The number of rotatable bonds is 3. The van der Waals surface area contributed by atoms with Gasteiger partial charge in [-0.1, -0.05) is 60.7 Å². The van der Waals surface area contributed by atoms with Crippen LogP contribution in [0, 0.1) is 0 Å². The molecule has 0 aromatic heterocycles. The van der Waals surface area contributed by atoms with Gasteiger partial charge in [-0.25, -0.2) is 0 Å². The van der Waals surface area contributed by atoms with Gasteiger partial charge in [0.25, 0.3) is 0 Å². The number of nitrogens with zero attached hydrogens (tertiary/aromatic N) is 1. The van der Waals surface area contributed by atoms with Crippen LogP contribution < -0.4 is 10.2 Å². The number of hydrogen-bond donors (Lipinski definition) is 1. The van der Waals surface area contributed by atoms with E-state index in [2.05, 4.69) is 23.5 Å². The van der Waals surface area contributed by atoms with Crippen LogP contribution in [0.25, 0.3) is 10.8 Å². The Morgan fingerprint density at radius 3 is 2.48 bits per heavy atom. The molecule has 3 aromatic carbocycles. The Morgan fingerprint density at radius 1 is 1.04 bits per heavy atom. The van der Waals surface area contributed by atoms with Crippen LogP contribution in [-0.2, 0) is 16.0 Å². The van der Waals surface area contributed by atoms with E-state index in [1.165, 1.54) is 6.92 Å². The van der Waals surface area contributed by atoms with Crippen molar-refractivity contribution >= 4 is 28.3 Å². The predicted octanol–water partition coefficient (Wildman–Crippen LogP) is 3.99. The van der Waals surface area contributed by atoms with Crippen molar-refractivity contribution in [2.45, 2.75) is 32.4 Å². The van der Waals surface area contributed by atoms with Gasteiger partial charge in [0.05, 0.1) is 6.04 Å². The molecule has 0 fully saturated rings. The summed E-state index contributed by atoms with van der Waals surface area (Å²) in [6.07, 6.45) is 0.507. The van der Waals surface area contributed by atoms with Gasteiger partial charge in [0.15, 0.2) is 0 Å². The number of hydrogen-bond acceptors (Lipinski definition) is 2. The Hall–Kier alpha value is -3.14. The van der Waals surface area contributed by atoms with Crippen molar-refractivity contribution < 1.29 is 9.59 Å². The van der Waals surface area contributed by atoms with Gasteiger partial charge in [0.2, 0.25) is 11.8 Å². The Morgan fingerprint density at radius 2 is 1.74 bits per heavy atom. The number of carbonyl (C=O) groups is 2. The minimum Gasteiger partial charge on any atom is -0.344 e. The first-order valence-electron chi connectivity index (χ1n) is 9.22. The summed E-state index contributed by atoms with van der Waals surface area (Å²) < 4.78 is 0. The van der Waals surface area contributed by atoms with E-state index in [0.29, 0.717) is 6.42 Å². The molecule has 4 nitrogen and oxygen atoms in total. The molecule has 0 unspecified atom stereocenters. The second kappa shape index (κ2) is 6.88. The second-order valence-electron chi connectivity index (χ2n) is 7.04. The molecule has 0 spiro atoms. The molecule has 4 rings (SSSR count). The summed E-state index contributed by atoms with van der Waals surface area (Å²) in [6, 6.07) is 21.6. The van der Waals surface area contributed by atoms with Crippen LogP contribution in [0.1, 0.15) is 31.0 Å². The minimum atomic E-state index is -0.549. The molecule has 27 heavy (non-hydrogen) atoms. The number of benzene rings is 3. The van der Waals surface area contributed by atoms with E-state index in [4.69, 9.17) is 0 Å². The highest BCUT2D eigenvalue weighted by molar-refractivity contribution is 6.06. The van der Waals surface area contributed by atoms with Gasteiger partial charge in [-0.15, -0.1) is 0 Å². The third-order valence-electron chi connectivity index (χ3n) is 5.27. The first kappa shape index (κ1) is 17.3. The van der Waals surface area contributed by atoms with Crippen LogP contribution in [-0.4, -0.2) is 17.9 Å². The largest absolute Gasteiger partial charge is 0.344 e. The molecule has 136 valence electrons. The van der Waals surface area contributed by atoms with Gasteiger partial charge in [0, 0.05) is 19.0 Å². The Kier molecular flexibility index (Phi) is 4.40. The maximum Gasteiger partial charge on any atom is 0.250 e. The van der Waals surface area contributed by atoms with Crippen molar-refractivity contribution in [1.29, 1.82) is 0 Å². The first-order valence-corrected chi connectivity index (χ1v) is 9.22. The van der Waals surface area contributed by atoms with E-state index in [1.807, 2.05) is 60.4 Å². The molecule has 2 amide bonds. The summed E-state index contributed by atoms with van der Waals surface area (Å²) >= 11 is 0. The first-order chi connectivity index (χ1) is 13.1. The van der Waals surface area contributed by atoms with Crippen molar-refractivity contribution in [2.75, 3.05) is 4.90 Å². The molecule has 1 N–H and O–H groups in total. The minimum absolute atomic E-state index is 0.0654. The molecular formula is C23H22N2O2. The fraction of sp³-hybridized carbons (Fsp3) is 0.217. The highest BCUT2D eigenvalue weighted by atomic mass is 16.2. The summed E-state index contributed by atoms with van der Waals surface area (Å²) in [5.74, 6) is -0.256. The van der Waals surface area contributed by atoms with E-state index in [-0.39, 0.29) is 17.9 Å². The highest BCUT2D eigenvalue weighted by Gasteiger charge is 2.37. The van der Waals surface area contributed by atoms with Crippen LogP contribution in [0.15, 0.2) is 66.7 Å². The quantitative estimate of drug-likeness (QED) is 0.769. The number of amides is 2. The molecule has 0 radical (unpaired) electrons. The molecule has 3 aromatic rings. The lowest BCUT2D eigenvalue weighted by molar-refractivity contribution is -0.127. The molecule has 0 saturated carbocycles. The highest BCUT2D eigenvalue weighted by Crippen LogP contribution is 2.38. The number of anilines is 1. The maximum atomic E-state index is 13.3. The van der Waals surface area contributed by atoms with Gasteiger partial charge < -0.3 is 10.2 Å². The van der Waals surface area contributed by atoms with Crippen LogP contribution in [0.5, 0.6) is 0 Å². The van der Waals surface area contributed by atoms with E-state index in [9.17, 15) is 9.59 Å². The average Bonchev–Trinajstić information content (AvgIpc) is 2.68. The van der Waals surface area contributed by atoms with Crippen molar-refractivity contribution in [3.63, 3.8) is 0 Å². The third-order valence-corrected chi connectivity index (χ3v) is 5.27. The standard InChI is InChI=1S/C23H22N2O2/c1-15(17-8-4-3-5-9-17)25-22-13-12-18-10-6-7-11-19(18)20(22)14-21(23(25)27)24-16(2)26/h3-13,15,21H,14H2,1-2H3,(H,24,26)/t15-,21+/m0/s1. The fourth-order valence-electron chi connectivity index (χ4n) is 3.98. The van der Waals surface area contributed by atoms with E-state index in [1.54, 1.807) is 0 Å². The fourth-order valence-corrected chi connectivity index (χ4v) is 3.98. The maximum absolute atomic E-state index is 13.3. The Balaban J connectivity index is 1.88. The topological polar surface area (TPSA) is 49.4 Å².